The molecular weight excluding hydrogens is 384 g/mol. The van der Waals surface area contributed by atoms with Crippen molar-refractivity contribution >= 4 is 21.6 Å². The van der Waals surface area contributed by atoms with Crippen LogP contribution in [0.2, 0.25) is 0 Å². The second-order valence-electron chi connectivity index (χ2n) is 6.25. The fourth-order valence-corrected chi connectivity index (χ4v) is 5.33. The topological polar surface area (TPSA) is 34.1 Å². The molecule has 2 nitrogen and oxygen atoms in total. The fraction of sp³-hybridized carbons (Fsp3) is 0. The number of rotatable bonds is 5. The van der Waals surface area contributed by atoms with Crippen molar-refractivity contribution in [2.45, 2.75) is 19.6 Å². The predicted molar refractivity (Wildman–Crippen MR) is 114 cm³/mol. The van der Waals surface area contributed by atoms with Gasteiger partial charge in [0.2, 0.25) is 9.84 Å². The van der Waals surface area contributed by atoms with Crippen LogP contribution < -0.4 is 0 Å². The van der Waals surface area contributed by atoms with Crippen molar-refractivity contribution < 1.29 is 8.42 Å². The third-order valence-electron chi connectivity index (χ3n) is 4.37. The van der Waals surface area contributed by atoms with E-state index in [-0.39, 0.29) is 0 Å². The van der Waals surface area contributed by atoms with Gasteiger partial charge in [-0.1, -0.05) is 78.5 Å². The zero-order valence-electron chi connectivity index (χ0n) is 15.0. The lowest BCUT2D eigenvalue weighted by Crippen LogP contribution is -2.03. The van der Waals surface area contributed by atoms with Crippen LogP contribution in [0.25, 0.3) is 11.1 Å². The number of hydrogen-bond acceptors (Lipinski definition) is 3. The summed E-state index contributed by atoms with van der Waals surface area (Å²) in [6.45, 7) is 0. The quantitative estimate of drug-likeness (QED) is 0.391. The van der Waals surface area contributed by atoms with Crippen molar-refractivity contribution in [2.24, 2.45) is 0 Å². The summed E-state index contributed by atoms with van der Waals surface area (Å²) in [6, 6.07) is 33.9. The maximum Gasteiger partial charge on any atom is 0.207 e. The Balaban J connectivity index is 1.69. The number of hydrogen-bond donors (Lipinski definition) is 0. The average Bonchev–Trinajstić information content (AvgIpc) is 2.76. The molecule has 4 aromatic rings. The molecule has 0 spiro atoms. The van der Waals surface area contributed by atoms with Crippen molar-refractivity contribution in [1.29, 1.82) is 0 Å². The van der Waals surface area contributed by atoms with Gasteiger partial charge in [-0.15, -0.1) is 0 Å². The Morgan fingerprint density at radius 3 is 1.75 bits per heavy atom. The van der Waals surface area contributed by atoms with Crippen LogP contribution >= 0.6 is 11.8 Å². The highest BCUT2D eigenvalue weighted by molar-refractivity contribution is 7.99. The van der Waals surface area contributed by atoms with E-state index in [1.165, 1.54) is 4.90 Å². The van der Waals surface area contributed by atoms with Gasteiger partial charge in [-0.3, -0.25) is 0 Å². The molecule has 0 aliphatic rings. The largest absolute Gasteiger partial charge is 0.218 e. The third kappa shape index (κ3) is 3.88. The van der Waals surface area contributed by atoms with Gasteiger partial charge in [-0.05, 0) is 48.0 Å². The van der Waals surface area contributed by atoms with E-state index >= 15 is 0 Å². The first-order chi connectivity index (χ1) is 13.6. The van der Waals surface area contributed by atoms with E-state index in [9.17, 15) is 8.42 Å². The highest BCUT2D eigenvalue weighted by atomic mass is 32.2. The Morgan fingerprint density at radius 2 is 1.07 bits per heavy atom. The highest BCUT2D eigenvalue weighted by Crippen LogP contribution is 2.33. The monoisotopic (exact) mass is 402 g/mol. The molecule has 0 atom stereocenters. The van der Waals surface area contributed by atoms with E-state index in [0.29, 0.717) is 15.4 Å². The maximum atomic E-state index is 13.1. The van der Waals surface area contributed by atoms with Crippen LogP contribution in [0.15, 0.2) is 129 Å². The summed E-state index contributed by atoms with van der Waals surface area (Å²) in [4.78, 5) is 2.91. The van der Waals surface area contributed by atoms with E-state index in [2.05, 4.69) is 12.1 Å². The molecule has 4 aromatic carbocycles. The Hall–Kier alpha value is -2.82. The Morgan fingerprint density at radius 1 is 0.536 bits per heavy atom. The molecule has 0 saturated carbocycles. The zero-order chi connectivity index (χ0) is 19.4. The third-order valence-corrected chi connectivity index (χ3v) is 7.22. The molecule has 4 rings (SSSR count). The van der Waals surface area contributed by atoms with Gasteiger partial charge in [0.25, 0.3) is 0 Å². The van der Waals surface area contributed by atoms with Crippen LogP contribution in [-0.2, 0) is 9.84 Å². The van der Waals surface area contributed by atoms with Gasteiger partial charge < -0.3 is 0 Å². The van der Waals surface area contributed by atoms with Gasteiger partial charge in [0.05, 0.1) is 9.79 Å². The van der Waals surface area contributed by atoms with Crippen LogP contribution in [0.3, 0.4) is 0 Å². The highest BCUT2D eigenvalue weighted by Gasteiger charge is 2.21. The molecule has 0 bridgehead atoms. The molecule has 138 valence electrons. The fourth-order valence-electron chi connectivity index (χ4n) is 2.99. The first-order valence-corrected chi connectivity index (χ1v) is 11.2. The van der Waals surface area contributed by atoms with Crippen molar-refractivity contribution in [3.05, 3.63) is 109 Å². The van der Waals surface area contributed by atoms with E-state index in [0.717, 1.165) is 10.5 Å². The van der Waals surface area contributed by atoms with E-state index < -0.39 is 9.84 Å². The minimum Gasteiger partial charge on any atom is -0.218 e. The minimum absolute atomic E-state index is 0.304. The average molecular weight is 403 g/mol. The molecule has 0 N–H and O–H groups in total. The van der Waals surface area contributed by atoms with Crippen molar-refractivity contribution in [3.63, 3.8) is 0 Å². The lowest BCUT2D eigenvalue weighted by atomic mass is 10.1. The summed E-state index contributed by atoms with van der Waals surface area (Å²) in [5, 5.41) is 0. The van der Waals surface area contributed by atoms with E-state index in [1.807, 2.05) is 60.7 Å². The Kier molecular flexibility index (Phi) is 5.33. The molecule has 0 amide bonds. The van der Waals surface area contributed by atoms with Crippen molar-refractivity contribution in [3.8, 4) is 11.1 Å². The van der Waals surface area contributed by atoms with Gasteiger partial charge in [-0.2, -0.15) is 0 Å². The molecular formula is C24H18O2S2. The van der Waals surface area contributed by atoms with E-state index in [4.69, 9.17) is 0 Å². The van der Waals surface area contributed by atoms with Crippen molar-refractivity contribution in [2.75, 3.05) is 0 Å². The smallest absolute Gasteiger partial charge is 0.207 e. The summed E-state index contributed by atoms with van der Waals surface area (Å²) in [6.07, 6.45) is 0. The van der Waals surface area contributed by atoms with Gasteiger partial charge in [-0.25, -0.2) is 8.42 Å². The molecule has 28 heavy (non-hydrogen) atoms. The standard InChI is InChI=1S/C24H18O2S2/c25-28(26,22-11-5-2-6-12-22)24-14-8-7-13-23(24)19-15-17-21(18-16-19)27-20-9-3-1-4-10-20/h1-18H. The molecule has 0 aliphatic heterocycles. The van der Waals surface area contributed by atoms with Crippen LogP contribution in [-0.4, -0.2) is 8.42 Å². The predicted octanol–water partition coefficient (Wildman–Crippen LogP) is 6.34. The summed E-state index contributed by atoms with van der Waals surface area (Å²) in [7, 11) is -3.58. The molecule has 0 fully saturated rings. The second kappa shape index (κ2) is 8.05. The zero-order valence-corrected chi connectivity index (χ0v) is 16.7. The molecule has 0 aromatic heterocycles. The van der Waals surface area contributed by atoms with Crippen LogP contribution in [0.5, 0.6) is 0 Å². The summed E-state index contributed by atoms with van der Waals surface area (Å²) < 4.78 is 26.3. The molecule has 0 aliphatic carbocycles. The van der Waals surface area contributed by atoms with Crippen LogP contribution in [0, 0.1) is 0 Å². The van der Waals surface area contributed by atoms with E-state index in [1.54, 1.807) is 48.2 Å². The summed E-state index contributed by atoms with van der Waals surface area (Å²) >= 11 is 1.68. The molecule has 0 unspecified atom stereocenters. The number of benzene rings is 4. The Bertz CT molecular complexity index is 1170. The second-order valence-corrected chi connectivity index (χ2v) is 9.32. The first-order valence-electron chi connectivity index (χ1n) is 8.87. The van der Waals surface area contributed by atoms with Gasteiger partial charge in [0, 0.05) is 15.4 Å². The lowest BCUT2D eigenvalue weighted by Gasteiger charge is -2.11. The summed E-state index contributed by atoms with van der Waals surface area (Å²) in [5.41, 5.74) is 1.59. The van der Waals surface area contributed by atoms with Crippen LogP contribution in [0.1, 0.15) is 0 Å². The van der Waals surface area contributed by atoms with Crippen LogP contribution in [0.4, 0.5) is 0 Å². The molecule has 0 saturated heterocycles. The number of sulfone groups is 1. The van der Waals surface area contributed by atoms with Crippen molar-refractivity contribution in [1.82, 2.24) is 0 Å². The first kappa shape index (κ1) is 18.5. The SMILES string of the molecule is O=S(=O)(c1ccccc1)c1ccccc1-c1ccc(Sc2ccccc2)cc1. The molecule has 0 heterocycles. The molecule has 0 radical (unpaired) electrons. The van der Waals surface area contributed by atoms with Gasteiger partial charge in [0.1, 0.15) is 0 Å². The lowest BCUT2D eigenvalue weighted by molar-refractivity contribution is 0.596. The maximum absolute atomic E-state index is 13.1. The normalized spacial score (nSPS) is 11.3. The summed E-state index contributed by atoms with van der Waals surface area (Å²) in [5.74, 6) is 0. The van der Waals surface area contributed by atoms with Gasteiger partial charge in [0.15, 0.2) is 0 Å². The Labute approximate surface area is 169 Å². The minimum atomic E-state index is -3.58. The molecule has 4 heteroatoms. The van der Waals surface area contributed by atoms with Gasteiger partial charge >= 0.3 is 0 Å².